The van der Waals surface area contributed by atoms with Gasteiger partial charge >= 0.3 is 0 Å². The quantitative estimate of drug-likeness (QED) is 0.723. The summed E-state index contributed by atoms with van der Waals surface area (Å²) < 4.78 is 0. The summed E-state index contributed by atoms with van der Waals surface area (Å²) in [4.78, 5) is 24.4. The summed E-state index contributed by atoms with van der Waals surface area (Å²) in [5.41, 5.74) is 3.47. The topological polar surface area (TPSA) is 78.4 Å². The number of aryl methyl sites for hydroxylation is 2. The summed E-state index contributed by atoms with van der Waals surface area (Å²) in [5.74, 6) is -0.569. The Morgan fingerprint density at radius 3 is 2.28 bits per heavy atom. The van der Waals surface area contributed by atoms with Crippen molar-refractivity contribution in [3.8, 4) is 0 Å². The highest BCUT2D eigenvalue weighted by molar-refractivity contribution is 5.96. The molecule has 2 amide bonds. The van der Waals surface area contributed by atoms with Crippen molar-refractivity contribution in [2.45, 2.75) is 26.3 Å². The van der Waals surface area contributed by atoms with Crippen LogP contribution in [0.25, 0.3) is 0 Å². The third kappa shape index (κ3) is 5.72. The second-order valence-corrected chi connectivity index (χ2v) is 6.10. The van der Waals surface area contributed by atoms with E-state index in [1.807, 2.05) is 50.2 Å². The molecule has 5 nitrogen and oxygen atoms in total. The van der Waals surface area contributed by atoms with E-state index < -0.39 is 0 Å². The average Bonchev–Trinajstić information content (AvgIpc) is 2.59. The zero-order valence-corrected chi connectivity index (χ0v) is 14.6. The molecule has 0 aliphatic carbocycles. The fourth-order valence-corrected chi connectivity index (χ4v) is 2.75. The van der Waals surface area contributed by atoms with Gasteiger partial charge in [-0.25, -0.2) is 0 Å². The molecule has 2 aromatic carbocycles. The first-order chi connectivity index (χ1) is 12.0. The monoisotopic (exact) mass is 340 g/mol. The number of rotatable bonds is 7. The van der Waals surface area contributed by atoms with Crippen LogP contribution in [-0.2, 0) is 4.79 Å². The number of benzene rings is 2. The fourth-order valence-electron chi connectivity index (χ4n) is 2.75. The van der Waals surface area contributed by atoms with Crippen LogP contribution in [0.4, 0.5) is 0 Å². The molecule has 0 aliphatic heterocycles. The molecule has 1 unspecified atom stereocenters. The van der Waals surface area contributed by atoms with Crippen molar-refractivity contribution < 1.29 is 14.7 Å². The second kappa shape index (κ2) is 8.99. The minimum absolute atomic E-state index is 0.0330. The summed E-state index contributed by atoms with van der Waals surface area (Å²) >= 11 is 0. The maximum absolute atomic E-state index is 12.2. The minimum Gasteiger partial charge on any atom is -0.396 e. The number of aliphatic hydroxyl groups is 1. The first-order valence-electron chi connectivity index (χ1n) is 8.31. The standard InChI is InChI=1S/C20H24N2O3/c1-14-10-15(2)12-17(11-14)20(25)21-13-19(24)22-18(8-9-23)16-6-4-3-5-7-16/h3-7,10-12,18,23H,8-9,13H2,1-2H3,(H,21,25)(H,22,24). The molecule has 0 fully saturated rings. The van der Waals surface area contributed by atoms with Crippen LogP contribution in [0, 0.1) is 13.8 Å². The molecule has 0 bridgehead atoms. The van der Waals surface area contributed by atoms with Gasteiger partial charge < -0.3 is 15.7 Å². The van der Waals surface area contributed by atoms with Crippen LogP contribution in [0.5, 0.6) is 0 Å². The van der Waals surface area contributed by atoms with Gasteiger partial charge in [0.1, 0.15) is 0 Å². The Balaban J connectivity index is 1.93. The molecule has 132 valence electrons. The van der Waals surface area contributed by atoms with Gasteiger partial charge in [-0.2, -0.15) is 0 Å². The van der Waals surface area contributed by atoms with Gasteiger partial charge in [0.25, 0.3) is 5.91 Å². The van der Waals surface area contributed by atoms with Gasteiger partial charge in [-0.05, 0) is 38.0 Å². The molecule has 0 saturated heterocycles. The molecule has 0 aliphatic rings. The molecule has 2 aromatic rings. The molecule has 2 rings (SSSR count). The van der Waals surface area contributed by atoms with Gasteiger partial charge in [0, 0.05) is 12.2 Å². The molecule has 0 saturated carbocycles. The Kier molecular flexibility index (Phi) is 6.71. The van der Waals surface area contributed by atoms with E-state index in [2.05, 4.69) is 10.6 Å². The van der Waals surface area contributed by atoms with Gasteiger partial charge in [0.05, 0.1) is 12.6 Å². The minimum atomic E-state index is -0.292. The van der Waals surface area contributed by atoms with Crippen LogP contribution >= 0.6 is 0 Å². The predicted octanol–water partition coefficient (Wildman–Crippen LogP) is 2.27. The SMILES string of the molecule is Cc1cc(C)cc(C(=O)NCC(=O)NC(CCO)c2ccccc2)c1. The number of hydrogen-bond donors (Lipinski definition) is 3. The van der Waals surface area contributed by atoms with E-state index in [-0.39, 0.29) is 31.0 Å². The number of nitrogens with one attached hydrogen (secondary N) is 2. The smallest absolute Gasteiger partial charge is 0.251 e. The largest absolute Gasteiger partial charge is 0.396 e. The van der Waals surface area contributed by atoms with Crippen LogP contribution in [0.1, 0.15) is 39.5 Å². The first-order valence-corrected chi connectivity index (χ1v) is 8.31. The maximum Gasteiger partial charge on any atom is 0.251 e. The van der Waals surface area contributed by atoms with E-state index in [4.69, 9.17) is 0 Å². The lowest BCUT2D eigenvalue weighted by molar-refractivity contribution is -0.121. The van der Waals surface area contributed by atoms with Gasteiger partial charge in [-0.1, -0.05) is 47.5 Å². The summed E-state index contributed by atoms with van der Waals surface area (Å²) in [5, 5.41) is 14.7. The van der Waals surface area contributed by atoms with Crippen molar-refractivity contribution in [2.75, 3.05) is 13.2 Å². The second-order valence-electron chi connectivity index (χ2n) is 6.10. The van der Waals surface area contributed by atoms with Gasteiger partial charge in [-0.15, -0.1) is 0 Å². The third-order valence-electron chi connectivity index (χ3n) is 3.85. The molecular formula is C20H24N2O3. The molecular weight excluding hydrogens is 316 g/mol. The van der Waals surface area contributed by atoms with Gasteiger partial charge in [0.15, 0.2) is 0 Å². The van der Waals surface area contributed by atoms with E-state index in [0.29, 0.717) is 12.0 Å². The van der Waals surface area contributed by atoms with E-state index in [9.17, 15) is 14.7 Å². The number of hydrogen-bond acceptors (Lipinski definition) is 3. The van der Waals surface area contributed by atoms with E-state index in [0.717, 1.165) is 16.7 Å². The Morgan fingerprint density at radius 2 is 1.68 bits per heavy atom. The number of amides is 2. The Hall–Kier alpha value is -2.66. The zero-order chi connectivity index (χ0) is 18.2. The van der Waals surface area contributed by atoms with Crippen LogP contribution in [-0.4, -0.2) is 30.1 Å². The van der Waals surface area contributed by atoms with Crippen molar-refractivity contribution in [1.29, 1.82) is 0 Å². The van der Waals surface area contributed by atoms with Crippen LogP contribution in [0.15, 0.2) is 48.5 Å². The van der Waals surface area contributed by atoms with Crippen molar-refractivity contribution in [3.05, 3.63) is 70.8 Å². The molecule has 0 spiro atoms. The van der Waals surface area contributed by atoms with Crippen molar-refractivity contribution in [2.24, 2.45) is 0 Å². The number of aliphatic hydroxyl groups excluding tert-OH is 1. The summed E-state index contributed by atoms with van der Waals surface area (Å²) in [6, 6.07) is 14.7. The van der Waals surface area contributed by atoms with Crippen LogP contribution in [0.2, 0.25) is 0 Å². The lowest BCUT2D eigenvalue weighted by atomic mass is 10.0. The normalized spacial score (nSPS) is 11.6. The summed E-state index contributed by atoms with van der Waals surface area (Å²) in [7, 11) is 0. The summed E-state index contributed by atoms with van der Waals surface area (Å²) in [6.07, 6.45) is 0.417. The first kappa shape index (κ1) is 18.7. The molecule has 0 radical (unpaired) electrons. The molecule has 5 heteroatoms. The fraction of sp³-hybridized carbons (Fsp3) is 0.300. The van der Waals surface area contributed by atoms with Crippen LogP contribution < -0.4 is 10.6 Å². The third-order valence-corrected chi connectivity index (χ3v) is 3.85. The van der Waals surface area contributed by atoms with E-state index in [1.54, 1.807) is 12.1 Å². The Morgan fingerprint density at radius 1 is 1.04 bits per heavy atom. The number of carbonyl (C=O) groups is 2. The Labute approximate surface area is 148 Å². The molecule has 0 aromatic heterocycles. The summed E-state index contributed by atoms with van der Waals surface area (Å²) in [6.45, 7) is 3.71. The lowest BCUT2D eigenvalue weighted by Crippen LogP contribution is -2.39. The highest BCUT2D eigenvalue weighted by Crippen LogP contribution is 2.15. The number of carbonyl (C=O) groups excluding carboxylic acids is 2. The van der Waals surface area contributed by atoms with Crippen molar-refractivity contribution >= 4 is 11.8 Å². The predicted molar refractivity (Wildman–Crippen MR) is 97.3 cm³/mol. The maximum atomic E-state index is 12.2. The van der Waals surface area contributed by atoms with Crippen LogP contribution in [0.3, 0.4) is 0 Å². The highest BCUT2D eigenvalue weighted by Gasteiger charge is 2.15. The zero-order valence-electron chi connectivity index (χ0n) is 14.6. The molecule has 0 heterocycles. The molecule has 3 N–H and O–H groups in total. The lowest BCUT2D eigenvalue weighted by Gasteiger charge is -2.18. The average molecular weight is 340 g/mol. The van der Waals surface area contributed by atoms with Gasteiger partial charge in [0.2, 0.25) is 5.91 Å². The highest BCUT2D eigenvalue weighted by atomic mass is 16.3. The van der Waals surface area contributed by atoms with E-state index >= 15 is 0 Å². The Bertz CT molecular complexity index is 709. The van der Waals surface area contributed by atoms with Crippen molar-refractivity contribution in [3.63, 3.8) is 0 Å². The van der Waals surface area contributed by atoms with Crippen molar-refractivity contribution in [1.82, 2.24) is 10.6 Å². The van der Waals surface area contributed by atoms with Gasteiger partial charge in [-0.3, -0.25) is 9.59 Å². The molecule has 1 atom stereocenters. The molecule has 25 heavy (non-hydrogen) atoms. The van der Waals surface area contributed by atoms with E-state index in [1.165, 1.54) is 0 Å².